The van der Waals surface area contributed by atoms with Gasteiger partial charge in [0.1, 0.15) is 0 Å². The Bertz CT molecular complexity index is 1360. The summed E-state index contributed by atoms with van der Waals surface area (Å²) in [6.07, 6.45) is 0. The van der Waals surface area contributed by atoms with Gasteiger partial charge in [-0.1, -0.05) is 66.7 Å². The molecule has 5 rings (SSSR count). The normalized spacial score (nSPS) is 10.9. The van der Waals surface area contributed by atoms with Crippen molar-refractivity contribution in [2.24, 2.45) is 0 Å². The summed E-state index contributed by atoms with van der Waals surface area (Å²) >= 11 is 0. The van der Waals surface area contributed by atoms with Crippen LogP contribution in [0.2, 0.25) is 0 Å². The molecular formula is C26H18N2O2. The van der Waals surface area contributed by atoms with Gasteiger partial charge in [0.05, 0.1) is 21.7 Å². The lowest BCUT2D eigenvalue weighted by Crippen LogP contribution is -1.96. The molecule has 5 aromatic rings. The van der Waals surface area contributed by atoms with Crippen molar-refractivity contribution >= 4 is 16.6 Å². The average molecular weight is 390 g/mol. The molecule has 1 heterocycles. The Kier molecular flexibility index (Phi) is 4.37. The van der Waals surface area contributed by atoms with Crippen LogP contribution in [0.4, 0.5) is 5.69 Å². The molecule has 1 aromatic heterocycles. The average Bonchev–Trinajstić information content (AvgIpc) is 3.19. The summed E-state index contributed by atoms with van der Waals surface area (Å²) < 4.78 is 2.23. The van der Waals surface area contributed by atoms with Crippen molar-refractivity contribution in [2.75, 3.05) is 0 Å². The largest absolute Gasteiger partial charge is 0.309 e. The second kappa shape index (κ2) is 7.33. The lowest BCUT2D eigenvalue weighted by atomic mass is 10.0. The Morgan fingerprint density at radius 3 is 2.07 bits per heavy atom. The monoisotopic (exact) mass is 390 g/mol. The molecule has 0 bridgehead atoms. The third-order valence-electron chi connectivity index (χ3n) is 5.30. The van der Waals surface area contributed by atoms with Crippen LogP contribution in [0.1, 0.15) is 0 Å². The van der Waals surface area contributed by atoms with E-state index in [1.54, 1.807) is 18.2 Å². The summed E-state index contributed by atoms with van der Waals surface area (Å²) in [6, 6.07) is 35.5. The van der Waals surface area contributed by atoms with Gasteiger partial charge in [-0.3, -0.25) is 10.1 Å². The van der Waals surface area contributed by atoms with Crippen LogP contribution in [0, 0.1) is 10.1 Å². The fraction of sp³-hybridized carbons (Fsp3) is 0. The zero-order valence-corrected chi connectivity index (χ0v) is 16.1. The first-order chi connectivity index (χ1) is 14.7. The number of benzene rings is 4. The first-order valence-electron chi connectivity index (χ1n) is 9.72. The predicted molar refractivity (Wildman–Crippen MR) is 121 cm³/mol. The van der Waals surface area contributed by atoms with Crippen molar-refractivity contribution < 1.29 is 4.92 Å². The number of fused-ring (bicyclic) bond motifs is 1. The molecule has 0 saturated heterocycles. The highest BCUT2D eigenvalue weighted by Crippen LogP contribution is 2.36. The van der Waals surface area contributed by atoms with Crippen LogP contribution < -0.4 is 0 Å². The van der Waals surface area contributed by atoms with Gasteiger partial charge < -0.3 is 4.57 Å². The SMILES string of the molecule is O=[N+]([O-])c1ccccc1-c1ccc2c(c1)cc(-c1ccccc1)n2-c1ccccc1. The maximum absolute atomic E-state index is 11.5. The minimum atomic E-state index is -0.329. The Morgan fingerprint density at radius 2 is 1.33 bits per heavy atom. The first kappa shape index (κ1) is 17.9. The maximum Gasteiger partial charge on any atom is 0.277 e. The van der Waals surface area contributed by atoms with Gasteiger partial charge in [-0.15, -0.1) is 0 Å². The Hall–Kier alpha value is -4.18. The van der Waals surface area contributed by atoms with E-state index in [4.69, 9.17) is 0 Å². The second-order valence-electron chi connectivity index (χ2n) is 7.11. The summed E-state index contributed by atoms with van der Waals surface area (Å²) in [5, 5.41) is 12.5. The fourth-order valence-corrected chi connectivity index (χ4v) is 3.94. The Balaban J connectivity index is 1.76. The van der Waals surface area contributed by atoms with E-state index in [-0.39, 0.29) is 10.6 Å². The molecular weight excluding hydrogens is 372 g/mol. The lowest BCUT2D eigenvalue weighted by Gasteiger charge is -2.11. The summed E-state index contributed by atoms with van der Waals surface area (Å²) in [7, 11) is 0. The van der Waals surface area contributed by atoms with Crippen LogP contribution in [0.3, 0.4) is 0 Å². The molecule has 0 N–H and O–H groups in total. The van der Waals surface area contributed by atoms with Crippen molar-refractivity contribution in [3.05, 3.63) is 119 Å². The zero-order valence-electron chi connectivity index (χ0n) is 16.1. The van der Waals surface area contributed by atoms with E-state index in [1.165, 1.54) is 0 Å². The highest BCUT2D eigenvalue weighted by atomic mass is 16.6. The summed E-state index contributed by atoms with van der Waals surface area (Å²) in [5.41, 5.74) is 5.90. The predicted octanol–water partition coefficient (Wildman–Crippen LogP) is 6.87. The van der Waals surface area contributed by atoms with E-state index in [2.05, 4.69) is 34.9 Å². The van der Waals surface area contributed by atoms with Gasteiger partial charge >= 0.3 is 0 Å². The first-order valence-corrected chi connectivity index (χ1v) is 9.72. The second-order valence-corrected chi connectivity index (χ2v) is 7.11. The molecule has 0 amide bonds. The van der Waals surface area contributed by atoms with E-state index in [0.29, 0.717) is 5.56 Å². The van der Waals surface area contributed by atoms with E-state index in [9.17, 15) is 10.1 Å². The van der Waals surface area contributed by atoms with Crippen molar-refractivity contribution in [3.8, 4) is 28.1 Å². The van der Waals surface area contributed by atoms with Crippen LogP contribution in [0.5, 0.6) is 0 Å². The third-order valence-corrected chi connectivity index (χ3v) is 5.30. The highest BCUT2D eigenvalue weighted by Gasteiger charge is 2.17. The molecule has 0 saturated carbocycles. The molecule has 0 atom stereocenters. The molecule has 0 unspecified atom stereocenters. The van der Waals surface area contributed by atoms with E-state index < -0.39 is 0 Å². The maximum atomic E-state index is 11.5. The zero-order chi connectivity index (χ0) is 20.5. The van der Waals surface area contributed by atoms with Crippen LogP contribution >= 0.6 is 0 Å². The number of nitro benzene ring substituents is 1. The van der Waals surface area contributed by atoms with E-state index >= 15 is 0 Å². The van der Waals surface area contributed by atoms with Crippen LogP contribution in [0.25, 0.3) is 39.0 Å². The molecule has 0 aliphatic carbocycles. The van der Waals surface area contributed by atoms with E-state index in [1.807, 2.05) is 60.7 Å². The topological polar surface area (TPSA) is 48.1 Å². The van der Waals surface area contributed by atoms with Crippen molar-refractivity contribution in [1.82, 2.24) is 4.57 Å². The standard InChI is InChI=1S/C26H18N2O2/c29-28(30)25-14-8-7-13-23(25)20-15-16-24-21(17-20)18-26(19-9-3-1-4-10-19)27(24)22-11-5-2-6-12-22/h1-18H. The minimum absolute atomic E-state index is 0.114. The van der Waals surface area contributed by atoms with Gasteiger partial charge in [0, 0.05) is 17.1 Å². The summed E-state index contributed by atoms with van der Waals surface area (Å²) in [6.45, 7) is 0. The van der Waals surface area contributed by atoms with Crippen LogP contribution in [0.15, 0.2) is 109 Å². The molecule has 144 valence electrons. The molecule has 0 fully saturated rings. The van der Waals surface area contributed by atoms with Gasteiger partial charge in [-0.05, 0) is 47.5 Å². The van der Waals surface area contributed by atoms with Crippen LogP contribution in [-0.4, -0.2) is 9.49 Å². The number of para-hydroxylation sites is 2. The van der Waals surface area contributed by atoms with Gasteiger partial charge in [0.15, 0.2) is 0 Å². The van der Waals surface area contributed by atoms with Gasteiger partial charge in [0.25, 0.3) is 5.69 Å². The molecule has 30 heavy (non-hydrogen) atoms. The number of rotatable bonds is 4. The van der Waals surface area contributed by atoms with Gasteiger partial charge in [-0.2, -0.15) is 0 Å². The number of nitro groups is 1. The summed E-state index contributed by atoms with van der Waals surface area (Å²) in [5.74, 6) is 0. The number of hydrogen-bond donors (Lipinski definition) is 0. The molecule has 0 aliphatic rings. The van der Waals surface area contributed by atoms with Crippen LogP contribution in [-0.2, 0) is 0 Å². The minimum Gasteiger partial charge on any atom is -0.309 e. The Morgan fingerprint density at radius 1 is 0.667 bits per heavy atom. The smallest absolute Gasteiger partial charge is 0.277 e. The molecule has 4 heteroatoms. The molecule has 0 aliphatic heterocycles. The molecule has 4 aromatic carbocycles. The van der Waals surface area contributed by atoms with E-state index in [0.717, 1.165) is 33.4 Å². The quantitative estimate of drug-likeness (QED) is 0.248. The van der Waals surface area contributed by atoms with Crippen molar-refractivity contribution in [3.63, 3.8) is 0 Å². The summed E-state index contributed by atoms with van der Waals surface area (Å²) in [4.78, 5) is 11.2. The van der Waals surface area contributed by atoms with Crippen molar-refractivity contribution in [1.29, 1.82) is 0 Å². The fourth-order valence-electron chi connectivity index (χ4n) is 3.94. The molecule has 0 radical (unpaired) electrons. The van der Waals surface area contributed by atoms with Gasteiger partial charge in [0.2, 0.25) is 0 Å². The van der Waals surface area contributed by atoms with Gasteiger partial charge in [-0.25, -0.2) is 0 Å². The lowest BCUT2D eigenvalue weighted by molar-refractivity contribution is -0.384. The highest BCUT2D eigenvalue weighted by molar-refractivity contribution is 5.93. The number of nitrogens with zero attached hydrogens (tertiary/aromatic N) is 2. The number of aromatic nitrogens is 1. The molecule has 4 nitrogen and oxygen atoms in total. The third kappa shape index (κ3) is 3.05. The Labute approximate surface area is 173 Å². The molecule has 0 spiro atoms. The van der Waals surface area contributed by atoms with Crippen molar-refractivity contribution in [2.45, 2.75) is 0 Å². The number of hydrogen-bond acceptors (Lipinski definition) is 2.